The van der Waals surface area contributed by atoms with Crippen LogP contribution in [0.25, 0.3) is 11.1 Å². The van der Waals surface area contributed by atoms with E-state index in [1.807, 2.05) is 6.92 Å². The average Bonchev–Trinajstić information content (AvgIpc) is 3.14. The standard InChI is InChI=1S/C22H27N5/c1-17-24-22(26-25-17)10-13-23-20-11-14-27(15-12-20)21-9-5-8-19(16-21)18-6-3-2-4-7-18/h2-9,16,20,23H,10-15H2,1H3,(H,24,25,26). The van der Waals surface area contributed by atoms with Crippen LogP contribution in [0.4, 0.5) is 5.69 Å². The number of hydrogen-bond acceptors (Lipinski definition) is 4. The fourth-order valence-electron chi connectivity index (χ4n) is 3.74. The molecule has 5 nitrogen and oxygen atoms in total. The summed E-state index contributed by atoms with van der Waals surface area (Å²) in [5.41, 5.74) is 3.89. The summed E-state index contributed by atoms with van der Waals surface area (Å²) in [6.45, 7) is 5.06. The van der Waals surface area contributed by atoms with Gasteiger partial charge >= 0.3 is 0 Å². The van der Waals surface area contributed by atoms with E-state index in [0.29, 0.717) is 6.04 Å². The molecule has 0 atom stereocenters. The molecule has 0 saturated carbocycles. The van der Waals surface area contributed by atoms with Gasteiger partial charge < -0.3 is 10.2 Å². The van der Waals surface area contributed by atoms with Crippen LogP contribution < -0.4 is 10.2 Å². The first kappa shape index (κ1) is 17.7. The summed E-state index contributed by atoms with van der Waals surface area (Å²) in [5.74, 6) is 1.78. The quantitative estimate of drug-likeness (QED) is 0.705. The fraction of sp³-hybridized carbons (Fsp3) is 0.364. The maximum atomic E-state index is 4.36. The summed E-state index contributed by atoms with van der Waals surface area (Å²) in [6, 6.07) is 20.1. The molecular formula is C22H27N5. The molecule has 2 aromatic carbocycles. The van der Waals surface area contributed by atoms with Crippen LogP contribution in [0.3, 0.4) is 0 Å². The lowest BCUT2D eigenvalue weighted by molar-refractivity contribution is 0.416. The Bertz CT molecular complexity index is 850. The first-order valence-corrected chi connectivity index (χ1v) is 9.79. The van der Waals surface area contributed by atoms with Crippen molar-refractivity contribution in [2.45, 2.75) is 32.2 Å². The van der Waals surface area contributed by atoms with Crippen LogP contribution in [0.1, 0.15) is 24.5 Å². The molecule has 0 aliphatic carbocycles. The zero-order chi connectivity index (χ0) is 18.5. The summed E-state index contributed by atoms with van der Waals surface area (Å²) in [6.07, 6.45) is 3.22. The minimum absolute atomic E-state index is 0.582. The van der Waals surface area contributed by atoms with E-state index in [9.17, 15) is 0 Å². The van der Waals surface area contributed by atoms with Gasteiger partial charge in [0.05, 0.1) is 0 Å². The summed E-state index contributed by atoms with van der Waals surface area (Å²) in [4.78, 5) is 6.87. The molecule has 0 spiro atoms. The lowest BCUT2D eigenvalue weighted by Gasteiger charge is -2.34. The lowest BCUT2D eigenvalue weighted by Crippen LogP contribution is -2.43. The molecule has 4 rings (SSSR count). The van der Waals surface area contributed by atoms with Gasteiger partial charge in [-0.25, -0.2) is 4.98 Å². The predicted octanol–water partition coefficient (Wildman–Crippen LogP) is 3.58. The van der Waals surface area contributed by atoms with Gasteiger partial charge in [0.15, 0.2) is 5.82 Å². The van der Waals surface area contributed by atoms with Crippen molar-refractivity contribution in [2.75, 3.05) is 24.5 Å². The number of aryl methyl sites for hydroxylation is 1. The molecule has 2 N–H and O–H groups in total. The van der Waals surface area contributed by atoms with Crippen molar-refractivity contribution in [3.05, 3.63) is 66.2 Å². The minimum Gasteiger partial charge on any atom is -0.371 e. The number of aromatic nitrogens is 3. The number of hydrogen-bond donors (Lipinski definition) is 2. The van der Waals surface area contributed by atoms with E-state index in [-0.39, 0.29) is 0 Å². The van der Waals surface area contributed by atoms with Gasteiger partial charge in [-0.3, -0.25) is 5.10 Å². The molecule has 2 heterocycles. The average molecular weight is 361 g/mol. The maximum Gasteiger partial charge on any atom is 0.151 e. The van der Waals surface area contributed by atoms with Crippen LogP contribution >= 0.6 is 0 Å². The van der Waals surface area contributed by atoms with Gasteiger partial charge in [-0.1, -0.05) is 42.5 Å². The number of benzene rings is 2. The second-order valence-corrected chi connectivity index (χ2v) is 7.22. The minimum atomic E-state index is 0.582. The largest absolute Gasteiger partial charge is 0.371 e. The number of anilines is 1. The highest BCUT2D eigenvalue weighted by Gasteiger charge is 2.19. The highest BCUT2D eigenvalue weighted by Crippen LogP contribution is 2.26. The highest BCUT2D eigenvalue weighted by atomic mass is 15.2. The van der Waals surface area contributed by atoms with Crippen molar-refractivity contribution in [1.82, 2.24) is 20.5 Å². The van der Waals surface area contributed by atoms with Gasteiger partial charge in [-0.05, 0) is 43.0 Å². The molecule has 140 valence electrons. The van der Waals surface area contributed by atoms with Gasteiger partial charge in [-0.2, -0.15) is 5.10 Å². The topological polar surface area (TPSA) is 56.8 Å². The Balaban J connectivity index is 1.29. The third-order valence-corrected chi connectivity index (χ3v) is 5.24. The van der Waals surface area contributed by atoms with Crippen molar-refractivity contribution in [2.24, 2.45) is 0 Å². The molecule has 0 amide bonds. The maximum absolute atomic E-state index is 4.36. The normalized spacial score (nSPS) is 15.2. The van der Waals surface area contributed by atoms with E-state index in [2.05, 4.69) is 80.0 Å². The van der Waals surface area contributed by atoms with Gasteiger partial charge in [0.2, 0.25) is 0 Å². The summed E-state index contributed by atoms with van der Waals surface area (Å²) in [7, 11) is 0. The molecular weight excluding hydrogens is 334 g/mol. The molecule has 5 heteroatoms. The Morgan fingerprint density at radius 3 is 2.56 bits per heavy atom. The second kappa shape index (κ2) is 8.35. The fourth-order valence-corrected chi connectivity index (χ4v) is 3.74. The SMILES string of the molecule is Cc1nc(CCNC2CCN(c3cccc(-c4ccccc4)c3)CC2)n[nH]1. The molecule has 1 aliphatic heterocycles. The zero-order valence-electron chi connectivity index (χ0n) is 15.9. The molecule has 0 radical (unpaired) electrons. The molecule has 1 saturated heterocycles. The Labute approximate surface area is 160 Å². The van der Waals surface area contributed by atoms with Crippen LogP contribution in [0.5, 0.6) is 0 Å². The van der Waals surface area contributed by atoms with Gasteiger partial charge in [-0.15, -0.1) is 0 Å². The van der Waals surface area contributed by atoms with Crippen molar-refractivity contribution in [1.29, 1.82) is 0 Å². The molecule has 1 aromatic heterocycles. The third kappa shape index (κ3) is 4.55. The third-order valence-electron chi connectivity index (χ3n) is 5.24. The number of piperidine rings is 1. The summed E-state index contributed by atoms with van der Waals surface area (Å²) >= 11 is 0. The Hall–Kier alpha value is -2.66. The molecule has 1 aliphatic rings. The Kier molecular flexibility index (Phi) is 5.49. The van der Waals surface area contributed by atoms with E-state index >= 15 is 0 Å². The van der Waals surface area contributed by atoms with E-state index in [4.69, 9.17) is 0 Å². The molecule has 1 fully saturated rings. The number of nitrogens with zero attached hydrogens (tertiary/aromatic N) is 3. The summed E-state index contributed by atoms with van der Waals surface area (Å²) < 4.78 is 0. The molecule has 0 unspecified atom stereocenters. The van der Waals surface area contributed by atoms with Crippen LogP contribution in [-0.4, -0.2) is 40.9 Å². The van der Waals surface area contributed by atoms with E-state index in [1.165, 1.54) is 29.7 Å². The Morgan fingerprint density at radius 2 is 1.81 bits per heavy atom. The lowest BCUT2D eigenvalue weighted by atomic mass is 10.0. The number of aromatic amines is 1. The van der Waals surface area contributed by atoms with Crippen LogP contribution in [0, 0.1) is 6.92 Å². The molecule has 0 bridgehead atoms. The number of rotatable bonds is 6. The van der Waals surface area contributed by atoms with Crippen molar-refractivity contribution in [3.8, 4) is 11.1 Å². The Morgan fingerprint density at radius 1 is 1.04 bits per heavy atom. The van der Waals surface area contributed by atoms with Crippen molar-refractivity contribution >= 4 is 5.69 Å². The first-order valence-electron chi connectivity index (χ1n) is 9.79. The van der Waals surface area contributed by atoms with Crippen LogP contribution in [0.2, 0.25) is 0 Å². The van der Waals surface area contributed by atoms with E-state index < -0.39 is 0 Å². The monoisotopic (exact) mass is 361 g/mol. The number of nitrogens with one attached hydrogen (secondary N) is 2. The predicted molar refractivity (Wildman–Crippen MR) is 110 cm³/mol. The van der Waals surface area contributed by atoms with Crippen LogP contribution in [-0.2, 0) is 6.42 Å². The van der Waals surface area contributed by atoms with Crippen molar-refractivity contribution < 1.29 is 0 Å². The smallest absolute Gasteiger partial charge is 0.151 e. The van der Waals surface area contributed by atoms with Gasteiger partial charge in [0, 0.05) is 37.8 Å². The highest BCUT2D eigenvalue weighted by molar-refractivity contribution is 5.68. The molecule has 3 aromatic rings. The summed E-state index contributed by atoms with van der Waals surface area (Å²) in [5, 5.41) is 10.8. The van der Waals surface area contributed by atoms with Crippen LogP contribution in [0.15, 0.2) is 54.6 Å². The van der Waals surface area contributed by atoms with Gasteiger partial charge in [0.25, 0.3) is 0 Å². The molecule has 27 heavy (non-hydrogen) atoms. The first-order chi connectivity index (χ1) is 13.3. The van der Waals surface area contributed by atoms with E-state index in [0.717, 1.165) is 37.7 Å². The second-order valence-electron chi connectivity index (χ2n) is 7.22. The number of H-pyrrole nitrogens is 1. The van der Waals surface area contributed by atoms with Gasteiger partial charge in [0.1, 0.15) is 5.82 Å². The van der Waals surface area contributed by atoms with Crippen molar-refractivity contribution in [3.63, 3.8) is 0 Å². The van der Waals surface area contributed by atoms with E-state index in [1.54, 1.807) is 0 Å². The zero-order valence-corrected chi connectivity index (χ0v) is 15.9.